The van der Waals surface area contributed by atoms with Crippen LogP contribution in [0.4, 0.5) is 0 Å². The molecule has 0 aliphatic heterocycles. The minimum Gasteiger partial charge on any atom is -0.195 e. The van der Waals surface area contributed by atoms with E-state index in [-0.39, 0.29) is 5.88 Å². The summed E-state index contributed by atoms with van der Waals surface area (Å²) >= 11 is 5.81. The van der Waals surface area contributed by atoms with E-state index in [1.54, 1.807) is 4.68 Å². The van der Waals surface area contributed by atoms with Crippen molar-refractivity contribution >= 4 is 22.4 Å². The smallest absolute Gasteiger partial charge is 0.171 e. The van der Waals surface area contributed by atoms with E-state index in [1.807, 2.05) is 30.3 Å². The lowest BCUT2D eigenvalue weighted by molar-refractivity contribution is 0.781. The summed E-state index contributed by atoms with van der Waals surface area (Å²) in [6.07, 6.45) is 0. The van der Waals surface area contributed by atoms with E-state index >= 15 is 0 Å². The van der Waals surface area contributed by atoms with Gasteiger partial charge in [-0.15, -0.1) is 16.7 Å². The molecule has 5 heteroatoms. The van der Waals surface area contributed by atoms with Crippen molar-refractivity contribution in [3.05, 3.63) is 48.3 Å². The molecule has 2 aromatic carbocycles. The van der Waals surface area contributed by atoms with Crippen LogP contribution in [0.15, 0.2) is 42.5 Å². The van der Waals surface area contributed by atoms with Gasteiger partial charge in [0.15, 0.2) is 5.82 Å². The fourth-order valence-corrected chi connectivity index (χ4v) is 2.04. The van der Waals surface area contributed by atoms with Crippen molar-refractivity contribution in [3.8, 4) is 5.69 Å². The third-order valence-electron chi connectivity index (χ3n) is 2.65. The third kappa shape index (κ3) is 1.66. The highest BCUT2D eigenvalue weighted by Gasteiger charge is 2.09. The fourth-order valence-electron chi connectivity index (χ4n) is 1.87. The maximum absolute atomic E-state index is 5.81. The average Bonchev–Trinajstić information content (AvgIpc) is 2.86. The van der Waals surface area contributed by atoms with Crippen LogP contribution in [-0.4, -0.2) is 20.2 Å². The van der Waals surface area contributed by atoms with Crippen LogP contribution >= 0.6 is 11.6 Å². The molecule has 0 spiro atoms. The molecule has 84 valence electrons. The SMILES string of the molecule is ClCc1nnnn1-c1cccc2ccccc12. The number of hydrogen-bond donors (Lipinski definition) is 0. The van der Waals surface area contributed by atoms with Crippen molar-refractivity contribution in [1.82, 2.24) is 20.2 Å². The van der Waals surface area contributed by atoms with Crippen molar-refractivity contribution < 1.29 is 0 Å². The zero-order valence-corrected chi connectivity index (χ0v) is 9.67. The molecule has 0 bridgehead atoms. The second-order valence-electron chi connectivity index (χ2n) is 3.64. The van der Waals surface area contributed by atoms with Gasteiger partial charge in [-0.05, 0) is 21.9 Å². The summed E-state index contributed by atoms with van der Waals surface area (Å²) < 4.78 is 1.68. The van der Waals surface area contributed by atoms with Gasteiger partial charge >= 0.3 is 0 Å². The highest BCUT2D eigenvalue weighted by molar-refractivity contribution is 6.16. The van der Waals surface area contributed by atoms with E-state index in [0.717, 1.165) is 16.5 Å². The van der Waals surface area contributed by atoms with E-state index in [1.165, 1.54) is 0 Å². The monoisotopic (exact) mass is 244 g/mol. The molecule has 17 heavy (non-hydrogen) atoms. The number of alkyl halides is 1. The Balaban J connectivity index is 2.31. The first-order valence-corrected chi connectivity index (χ1v) is 5.75. The molecule has 0 radical (unpaired) electrons. The first kappa shape index (κ1) is 10.2. The Morgan fingerprint density at radius 1 is 1.06 bits per heavy atom. The van der Waals surface area contributed by atoms with Crippen LogP contribution in [0.25, 0.3) is 16.5 Å². The normalized spacial score (nSPS) is 10.9. The van der Waals surface area contributed by atoms with E-state index < -0.39 is 0 Å². The molecular weight excluding hydrogens is 236 g/mol. The Morgan fingerprint density at radius 3 is 2.76 bits per heavy atom. The van der Waals surface area contributed by atoms with Crippen molar-refractivity contribution in [2.45, 2.75) is 5.88 Å². The summed E-state index contributed by atoms with van der Waals surface area (Å²) in [4.78, 5) is 0. The lowest BCUT2D eigenvalue weighted by atomic mass is 10.1. The van der Waals surface area contributed by atoms with E-state index in [9.17, 15) is 0 Å². The maximum Gasteiger partial charge on any atom is 0.171 e. The Hall–Kier alpha value is -1.94. The predicted molar refractivity (Wildman–Crippen MR) is 66.2 cm³/mol. The van der Waals surface area contributed by atoms with Crippen LogP contribution in [0.5, 0.6) is 0 Å². The molecule has 0 N–H and O–H groups in total. The number of aromatic nitrogens is 4. The third-order valence-corrected chi connectivity index (χ3v) is 2.89. The van der Waals surface area contributed by atoms with E-state index in [4.69, 9.17) is 11.6 Å². The lowest BCUT2D eigenvalue weighted by Gasteiger charge is -2.06. The van der Waals surface area contributed by atoms with Gasteiger partial charge < -0.3 is 0 Å². The Kier molecular flexibility index (Phi) is 2.49. The number of fused-ring (bicyclic) bond motifs is 1. The van der Waals surface area contributed by atoms with Gasteiger partial charge in [0.2, 0.25) is 0 Å². The number of hydrogen-bond acceptors (Lipinski definition) is 3. The molecule has 0 amide bonds. The maximum atomic E-state index is 5.81. The average molecular weight is 245 g/mol. The molecule has 1 heterocycles. The summed E-state index contributed by atoms with van der Waals surface area (Å²) in [5.41, 5.74) is 0.948. The summed E-state index contributed by atoms with van der Waals surface area (Å²) in [7, 11) is 0. The minimum absolute atomic E-state index is 0.288. The highest BCUT2D eigenvalue weighted by Crippen LogP contribution is 2.22. The Bertz CT molecular complexity index is 657. The number of nitrogens with zero attached hydrogens (tertiary/aromatic N) is 4. The molecule has 0 saturated heterocycles. The van der Waals surface area contributed by atoms with Crippen LogP contribution < -0.4 is 0 Å². The molecule has 3 rings (SSSR count). The zero-order valence-electron chi connectivity index (χ0n) is 8.92. The molecule has 0 unspecified atom stereocenters. The quantitative estimate of drug-likeness (QED) is 0.651. The summed E-state index contributed by atoms with van der Waals surface area (Å²) in [5.74, 6) is 0.930. The molecule has 0 atom stereocenters. The number of halogens is 1. The van der Waals surface area contributed by atoms with Gasteiger partial charge in [0.05, 0.1) is 11.6 Å². The second kappa shape index (κ2) is 4.14. The standard InChI is InChI=1S/C12H9ClN4/c13-8-12-14-15-16-17(12)11-7-3-5-9-4-1-2-6-10(9)11/h1-7H,8H2. The Labute approximate surface area is 103 Å². The first-order chi connectivity index (χ1) is 8.40. The van der Waals surface area contributed by atoms with Gasteiger partial charge in [0.1, 0.15) is 0 Å². The Morgan fingerprint density at radius 2 is 1.88 bits per heavy atom. The lowest BCUT2D eigenvalue weighted by Crippen LogP contribution is -2.02. The minimum atomic E-state index is 0.288. The largest absolute Gasteiger partial charge is 0.195 e. The zero-order chi connectivity index (χ0) is 11.7. The molecule has 4 nitrogen and oxygen atoms in total. The fraction of sp³-hybridized carbons (Fsp3) is 0.0833. The highest BCUT2D eigenvalue weighted by atomic mass is 35.5. The number of tetrazole rings is 1. The van der Waals surface area contributed by atoms with Gasteiger partial charge in [0, 0.05) is 5.39 Å². The van der Waals surface area contributed by atoms with Gasteiger partial charge in [-0.2, -0.15) is 4.68 Å². The molecule has 0 aliphatic carbocycles. The molecule has 0 aliphatic rings. The summed E-state index contributed by atoms with van der Waals surface area (Å²) in [5, 5.41) is 13.8. The topological polar surface area (TPSA) is 43.6 Å². The summed E-state index contributed by atoms with van der Waals surface area (Å²) in [6.45, 7) is 0. The van der Waals surface area contributed by atoms with Gasteiger partial charge in [-0.1, -0.05) is 36.4 Å². The molecule has 1 aromatic heterocycles. The van der Waals surface area contributed by atoms with Crippen molar-refractivity contribution in [3.63, 3.8) is 0 Å². The van der Waals surface area contributed by atoms with Gasteiger partial charge in [-0.25, -0.2) is 0 Å². The van der Waals surface area contributed by atoms with Crippen LogP contribution in [0.3, 0.4) is 0 Å². The van der Waals surface area contributed by atoms with E-state index in [0.29, 0.717) is 5.82 Å². The predicted octanol–water partition coefficient (Wildman–Crippen LogP) is 2.55. The van der Waals surface area contributed by atoms with Gasteiger partial charge in [-0.3, -0.25) is 0 Å². The molecule has 0 saturated carbocycles. The number of rotatable bonds is 2. The second-order valence-corrected chi connectivity index (χ2v) is 3.91. The van der Waals surface area contributed by atoms with E-state index in [2.05, 4.69) is 27.7 Å². The van der Waals surface area contributed by atoms with Crippen LogP contribution in [-0.2, 0) is 5.88 Å². The van der Waals surface area contributed by atoms with Gasteiger partial charge in [0.25, 0.3) is 0 Å². The van der Waals surface area contributed by atoms with Crippen LogP contribution in [0.2, 0.25) is 0 Å². The van der Waals surface area contributed by atoms with Crippen LogP contribution in [0, 0.1) is 0 Å². The van der Waals surface area contributed by atoms with Crippen molar-refractivity contribution in [1.29, 1.82) is 0 Å². The number of benzene rings is 2. The molecular formula is C12H9ClN4. The van der Waals surface area contributed by atoms with Crippen LogP contribution in [0.1, 0.15) is 5.82 Å². The first-order valence-electron chi connectivity index (χ1n) is 5.21. The molecule has 3 aromatic rings. The molecule has 0 fully saturated rings. The van der Waals surface area contributed by atoms with Crippen molar-refractivity contribution in [2.75, 3.05) is 0 Å². The summed E-state index contributed by atoms with van der Waals surface area (Å²) in [6, 6.07) is 14.1. The van der Waals surface area contributed by atoms with Crippen molar-refractivity contribution in [2.24, 2.45) is 0 Å².